The van der Waals surface area contributed by atoms with Gasteiger partial charge in [0.15, 0.2) is 0 Å². The van der Waals surface area contributed by atoms with Gasteiger partial charge in [-0.05, 0) is 36.4 Å². The van der Waals surface area contributed by atoms with Gasteiger partial charge in [-0.15, -0.1) is 11.3 Å². The highest BCUT2D eigenvalue weighted by Gasteiger charge is 2.30. The number of aromatic nitrogens is 1. The van der Waals surface area contributed by atoms with Crippen LogP contribution in [0, 0.1) is 0 Å². The molecule has 1 fully saturated rings. The summed E-state index contributed by atoms with van der Waals surface area (Å²) in [6.45, 7) is 0. The first-order valence-corrected chi connectivity index (χ1v) is 12.9. The van der Waals surface area contributed by atoms with E-state index in [1.165, 1.54) is 35.6 Å². The van der Waals surface area contributed by atoms with Crippen LogP contribution in [0.3, 0.4) is 0 Å². The second kappa shape index (κ2) is 8.85. The molecular formula is C25H19N3O4S2. The normalized spacial score (nSPS) is 13.9. The summed E-state index contributed by atoms with van der Waals surface area (Å²) < 4.78 is 28.4. The molecule has 0 spiro atoms. The summed E-state index contributed by atoms with van der Waals surface area (Å²) in [4.78, 5) is 29.6. The minimum absolute atomic E-state index is 0.0285. The third-order valence-electron chi connectivity index (χ3n) is 5.39. The highest BCUT2D eigenvalue weighted by atomic mass is 32.2. The van der Waals surface area contributed by atoms with E-state index in [0.29, 0.717) is 11.4 Å². The molecule has 0 radical (unpaired) electrons. The predicted octanol–water partition coefficient (Wildman–Crippen LogP) is 4.93. The van der Waals surface area contributed by atoms with Crippen molar-refractivity contribution in [1.82, 2.24) is 4.98 Å². The van der Waals surface area contributed by atoms with Crippen molar-refractivity contribution in [2.24, 2.45) is 0 Å². The van der Waals surface area contributed by atoms with E-state index in [2.05, 4.69) is 9.71 Å². The van der Waals surface area contributed by atoms with E-state index in [-0.39, 0.29) is 29.6 Å². The van der Waals surface area contributed by atoms with E-state index in [1.54, 1.807) is 18.2 Å². The SMILES string of the molecule is O=C1CCC(=O)N1c1ccc(S(=O)(=O)Nc2cccc(-c3csc(-c4ccccc4)n3)c2)cc1. The molecular weight excluding hydrogens is 470 g/mol. The summed E-state index contributed by atoms with van der Waals surface area (Å²) in [5, 5.41) is 2.83. The van der Waals surface area contributed by atoms with E-state index >= 15 is 0 Å². The molecule has 0 bridgehead atoms. The number of benzene rings is 3. The Morgan fingerprint density at radius 2 is 1.50 bits per heavy atom. The van der Waals surface area contributed by atoms with Crippen molar-refractivity contribution in [3.63, 3.8) is 0 Å². The van der Waals surface area contributed by atoms with Crippen molar-refractivity contribution in [2.45, 2.75) is 17.7 Å². The molecule has 1 aromatic heterocycles. The van der Waals surface area contributed by atoms with Crippen LogP contribution >= 0.6 is 11.3 Å². The molecule has 0 aliphatic carbocycles. The van der Waals surface area contributed by atoms with Gasteiger partial charge in [0.25, 0.3) is 10.0 Å². The van der Waals surface area contributed by atoms with Crippen LogP contribution < -0.4 is 9.62 Å². The summed E-state index contributed by atoms with van der Waals surface area (Å²) >= 11 is 1.52. The number of nitrogens with zero attached hydrogens (tertiary/aromatic N) is 2. The third kappa shape index (κ3) is 4.35. The van der Waals surface area contributed by atoms with Gasteiger partial charge in [-0.2, -0.15) is 0 Å². The molecule has 0 unspecified atom stereocenters. The summed E-state index contributed by atoms with van der Waals surface area (Å²) in [6.07, 6.45) is 0.339. The zero-order valence-electron chi connectivity index (χ0n) is 17.8. The van der Waals surface area contributed by atoms with Gasteiger partial charge >= 0.3 is 0 Å². The van der Waals surface area contributed by atoms with Crippen LogP contribution in [-0.4, -0.2) is 25.2 Å². The van der Waals surface area contributed by atoms with Crippen molar-refractivity contribution < 1.29 is 18.0 Å². The van der Waals surface area contributed by atoms with Crippen molar-refractivity contribution in [3.05, 3.63) is 84.2 Å². The molecule has 9 heteroatoms. The Bertz CT molecular complexity index is 1460. The van der Waals surface area contributed by atoms with E-state index in [4.69, 9.17) is 0 Å². The van der Waals surface area contributed by atoms with Crippen LogP contribution in [0.1, 0.15) is 12.8 Å². The molecule has 1 saturated heterocycles. The molecule has 0 atom stereocenters. The number of hydrogen-bond acceptors (Lipinski definition) is 6. The minimum Gasteiger partial charge on any atom is -0.280 e. The molecule has 0 saturated carbocycles. The first-order valence-electron chi connectivity index (χ1n) is 10.5. The lowest BCUT2D eigenvalue weighted by Gasteiger charge is -2.14. The molecule has 2 amide bonds. The maximum Gasteiger partial charge on any atom is 0.261 e. The summed E-state index contributed by atoms with van der Waals surface area (Å²) in [7, 11) is -3.87. The molecule has 1 N–H and O–H groups in total. The van der Waals surface area contributed by atoms with Crippen LogP contribution in [-0.2, 0) is 19.6 Å². The zero-order valence-corrected chi connectivity index (χ0v) is 19.5. The molecule has 7 nitrogen and oxygen atoms in total. The van der Waals surface area contributed by atoms with Gasteiger partial charge in [0, 0.05) is 35.0 Å². The minimum atomic E-state index is -3.87. The fourth-order valence-corrected chi connectivity index (χ4v) is 5.60. The Morgan fingerprint density at radius 3 is 2.21 bits per heavy atom. The lowest BCUT2D eigenvalue weighted by atomic mass is 10.1. The topological polar surface area (TPSA) is 96.4 Å². The maximum atomic E-state index is 12.9. The Hall–Kier alpha value is -3.82. The first kappa shape index (κ1) is 22.0. The van der Waals surface area contributed by atoms with Gasteiger partial charge in [-0.3, -0.25) is 19.2 Å². The molecule has 4 aromatic rings. The fraction of sp³-hybridized carbons (Fsp3) is 0.0800. The zero-order chi connectivity index (χ0) is 23.7. The monoisotopic (exact) mass is 489 g/mol. The molecule has 1 aliphatic rings. The van der Waals surface area contributed by atoms with E-state index in [1.807, 2.05) is 41.8 Å². The Labute approximate surface area is 200 Å². The lowest BCUT2D eigenvalue weighted by molar-refractivity contribution is -0.121. The first-order chi connectivity index (χ1) is 16.4. The number of nitrogens with one attached hydrogen (secondary N) is 1. The van der Waals surface area contributed by atoms with Gasteiger partial charge in [0.05, 0.1) is 16.3 Å². The van der Waals surface area contributed by atoms with Crippen LogP contribution in [0.4, 0.5) is 11.4 Å². The number of carbonyl (C=O) groups excluding carboxylic acids is 2. The molecule has 2 heterocycles. The number of thiazole rings is 1. The van der Waals surface area contributed by atoms with Gasteiger partial charge in [-0.25, -0.2) is 13.4 Å². The number of rotatable bonds is 6. The lowest BCUT2D eigenvalue weighted by Crippen LogP contribution is -2.28. The number of amides is 2. The Kier molecular flexibility index (Phi) is 5.72. The molecule has 5 rings (SSSR count). The molecule has 3 aromatic carbocycles. The number of hydrogen-bond donors (Lipinski definition) is 1. The second-order valence-electron chi connectivity index (χ2n) is 7.71. The van der Waals surface area contributed by atoms with Crippen molar-refractivity contribution >= 4 is 44.5 Å². The van der Waals surface area contributed by atoms with Gasteiger partial charge in [0.2, 0.25) is 11.8 Å². The second-order valence-corrected chi connectivity index (χ2v) is 10.2. The Balaban J connectivity index is 1.36. The average Bonchev–Trinajstić information content (AvgIpc) is 3.47. The van der Waals surface area contributed by atoms with Gasteiger partial charge < -0.3 is 0 Å². The smallest absolute Gasteiger partial charge is 0.261 e. The standard InChI is InChI=1S/C25H19N3O4S2/c29-23-13-14-24(30)28(23)20-9-11-21(12-10-20)34(31,32)27-19-8-4-7-18(15-19)22-16-33-25(26-22)17-5-2-1-3-6-17/h1-12,15-16,27H,13-14H2. The predicted molar refractivity (Wildman–Crippen MR) is 132 cm³/mol. The van der Waals surface area contributed by atoms with Crippen LogP contribution in [0.2, 0.25) is 0 Å². The van der Waals surface area contributed by atoms with E-state index < -0.39 is 10.0 Å². The fourth-order valence-electron chi connectivity index (χ4n) is 3.71. The van der Waals surface area contributed by atoms with Gasteiger partial charge in [-0.1, -0.05) is 42.5 Å². The van der Waals surface area contributed by atoms with Crippen molar-refractivity contribution in [1.29, 1.82) is 0 Å². The van der Waals surface area contributed by atoms with Crippen LogP contribution in [0.15, 0.2) is 89.1 Å². The maximum absolute atomic E-state index is 12.9. The number of sulfonamides is 1. The van der Waals surface area contributed by atoms with E-state index in [0.717, 1.165) is 26.7 Å². The van der Waals surface area contributed by atoms with Crippen molar-refractivity contribution in [3.8, 4) is 21.8 Å². The summed E-state index contributed by atoms with van der Waals surface area (Å²) in [5.74, 6) is -0.569. The molecule has 170 valence electrons. The highest BCUT2D eigenvalue weighted by molar-refractivity contribution is 7.92. The summed E-state index contributed by atoms with van der Waals surface area (Å²) in [6, 6.07) is 22.6. The Morgan fingerprint density at radius 1 is 0.824 bits per heavy atom. The average molecular weight is 490 g/mol. The van der Waals surface area contributed by atoms with Crippen LogP contribution in [0.25, 0.3) is 21.8 Å². The van der Waals surface area contributed by atoms with Crippen molar-refractivity contribution in [2.75, 3.05) is 9.62 Å². The summed E-state index contributed by atoms with van der Waals surface area (Å²) in [5.41, 5.74) is 3.34. The number of anilines is 2. The number of imide groups is 1. The largest absolute Gasteiger partial charge is 0.280 e. The third-order valence-corrected chi connectivity index (χ3v) is 7.68. The molecule has 1 aliphatic heterocycles. The quantitative estimate of drug-likeness (QED) is 0.387. The van der Waals surface area contributed by atoms with Gasteiger partial charge in [0.1, 0.15) is 5.01 Å². The molecule has 34 heavy (non-hydrogen) atoms. The van der Waals surface area contributed by atoms with E-state index in [9.17, 15) is 18.0 Å². The highest BCUT2D eigenvalue weighted by Crippen LogP contribution is 2.30. The van der Waals surface area contributed by atoms with Crippen LogP contribution in [0.5, 0.6) is 0 Å². The number of carbonyl (C=O) groups is 2.